The number of hydrogen-bond acceptors (Lipinski definition) is 4. The lowest BCUT2D eigenvalue weighted by atomic mass is 10.4. The van der Waals surface area contributed by atoms with Gasteiger partial charge in [0, 0.05) is 24.2 Å². The van der Waals surface area contributed by atoms with Crippen LogP contribution in [0, 0.1) is 0 Å². The van der Waals surface area contributed by atoms with Gasteiger partial charge in [-0.3, -0.25) is 0 Å². The molecule has 0 aliphatic carbocycles. The monoisotopic (exact) mass is 225 g/mol. The fourth-order valence-electron chi connectivity index (χ4n) is 1.32. The Bertz CT molecular complexity index is 287. The van der Waals surface area contributed by atoms with Gasteiger partial charge >= 0.3 is 0 Å². The zero-order valence-electron chi connectivity index (χ0n) is 9.44. The summed E-state index contributed by atoms with van der Waals surface area (Å²) in [6.45, 7) is 7.71. The zero-order chi connectivity index (χ0) is 11.1. The van der Waals surface area contributed by atoms with Crippen LogP contribution in [0.5, 0.6) is 0 Å². The van der Waals surface area contributed by atoms with Gasteiger partial charge in [-0.2, -0.15) is 0 Å². The molecule has 1 heterocycles. The van der Waals surface area contributed by atoms with Crippen molar-refractivity contribution in [2.24, 2.45) is 0 Å². The van der Waals surface area contributed by atoms with E-state index in [1.54, 1.807) is 18.0 Å². The van der Waals surface area contributed by atoms with E-state index in [9.17, 15) is 0 Å². The van der Waals surface area contributed by atoms with E-state index >= 15 is 0 Å². The van der Waals surface area contributed by atoms with Gasteiger partial charge in [0.15, 0.2) is 0 Å². The topological polar surface area (TPSA) is 42.1 Å². The summed E-state index contributed by atoms with van der Waals surface area (Å²) in [5, 5.41) is 1.02. The fraction of sp³-hybridized carbons (Fsp3) is 0.545. The average molecular weight is 225 g/mol. The molecule has 1 aromatic heterocycles. The highest BCUT2D eigenvalue weighted by molar-refractivity contribution is 7.99. The second-order valence-corrected chi connectivity index (χ2v) is 4.42. The van der Waals surface area contributed by atoms with E-state index in [4.69, 9.17) is 5.73 Å². The molecule has 1 aromatic rings. The summed E-state index contributed by atoms with van der Waals surface area (Å²) < 4.78 is 0. The van der Waals surface area contributed by atoms with E-state index < -0.39 is 0 Å². The van der Waals surface area contributed by atoms with Crippen LogP contribution in [-0.4, -0.2) is 35.3 Å². The van der Waals surface area contributed by atoms with E-state index in [1.807, 2.05) is 12.1 Å². The van der Waals surface area contributed by atoms with Crippen LogP contribution in [0.2, 0.25) is 0 Å². The summed E-state index contributed by atoms with van der Waals surface area (Å²) in [7, 11) is 0. The second kappa shape index (κ2) is 6.69. The summed E-state index contributed by atoms with van der Waals surface area (Å²) in [4.78, 5) is 6.65. The summed E-state index contributed by atoms with van der Waals surface area (Å²) in [6, 6.07) is 3.74. The molecule has 15 heavy (non-hydrogen) atoms. The molecule has 1 rings (SSSR count). The van der Waals surface area contributed by atoms with Crippen molar-refractivity contribution in [3.8, 4) is 0 Å². The lowest BCUT2D eigenvalue weighted by molar-refractivity contribution is 0.324. The van der Waals surface area contributed by atoms with E-state index in [0.29, 0.717) is 0 Å². The van der Waals surface area contributed by atoms with Crippen LogP contribution < -0.4 is 5.73 Å². The minimum absolute atomic E-state index is 0.787. The fourth-order valence-corrected chi connectivity index (χ4v) is 2.24. The van der Waals surface area contributed by atoms with Gasteiger partial charge in [0.1, 0.15) is 0 Å². The number of aromatic nitrogens is 1. The maximum atomic E-state index is 5.68. The van der Waals surface area contributed by atoms with Crippen molar-refractivity contribution in [3.05, 3.63) is 18.3 Å². The third-order valence-electron chi connectivity index (χ3n) is 2.31. The lowest BCUT2D eigenvalue weighted by Gasteiger charge is -2.16. The standard InChI is InChI=1S/C11H19N3S/c1-3-14(4-2)7-8-15-11-9-10(12)5-6-13-11/h5-6,9H,3-4,7-8H2,1-2H3,(H2,12,13). The SMILES string of the molecule is CCN(CC)CCSc1cc(N)ccn1. The predicted octanol–water partition coefficient (Wildman–Crippen LogP) is 2.10. The summed E-state index contributed by atoms with van der Waals surface area (Å²) in [6.07, 6.45) is 1.76. The molecule has 0 aromatic carbocycles. The van der Waals surface area contributed by atoms with E-state index in [2.05, 4.69) is 23.7 Å². The first-order valence-electron chi connectivity index (χ1n) is 5.33. The van der Waals surface area contributed by atoms with E-state index in [1.165, 1.54) is 0 Å². The van der Waals surface area contributed by atoms with Gasteiger partial charge in [0.2, 0.25) is 0 Å². The third kappa shape index (κ3) is 4.53. The Morgan fingerprint density at radius 3 is 2.73 bits per heavy atom. The molecule has 0 atom stereocenters. The number of nitrogens with two attached hydrogens (primary N) is 1. The number of thioether (sulfide) groups is 1. The van der Waals surface area contributed by atoms with Crippen LogP contribution in [0.15, 0.2) is 23.4 Å². The Labute approximate surface area is 96.1 Å². The predicted molar refractivity (Wildman–Crippen MR) is 67.2 cm³/mol. The summed E-state index contributed by atoms with van der Waals surface area (Å²) in [5.74, 6) is 1.07. The van der Waals surface area contributed by atoms with Gasteiger partial charge in [-0.05, 0) is 25.2 Å². The summed E-state index contributed by atoms with van der Waals surface area (Å²) in [5.41, 5.74) is 6.47. The molecule has 0 spiro atoms. The van der Waals surface area contributed by atoms with Gasteiger partial charge in [-0.15, -0.1) is 11.8 Å². The molecule has 0 bridgehead atoms. The molecular weight excluding hydrogens is 206 g/mol. The van der Waals surface area contributed by atoms with Crippen LogP contribution in [0.3, 0.4) is 0 Å². The largest absolute Gasteiger partial charge is 0.399 e. The number of anilines is 1. The number of nitrogens with zero attached hydrogens (tertiary/aromatic N) is 2. The van der Waals surface area contributed by atoms with Gasteiger partial charge in [-0.1, -0.05) is 13.8 Å². The molecule has 84 valence electrons. The first kappa shape index (κ1) is 12.3. The zero-order valence-corrected chi connectivity index (χ0v) is 10.3. The highest BCUT2D eigenvalue weighted by Crippen LogP contribution is 2.16. The first-order chi connectivity index (χ1) is 7.26. The smallest absolute Gasteiger partial charge is 0.0980 e. The van der Waals surface area contributed by atoms with Crippen molar-refractivity contribution in [2.75, 3.05) is 31.1 Å². The third-order valence-corrected chi connectivity index (χ3v) is 3.22. The van der Waals surface area contributed by atoms with Crippen LogP contribution in [0.4, 0.5) is 5.69 Å². The maximum absolute atomic E-state index is 5.68. The lowest BCUT2D eigenvalue weighted by Crippen LogP contribution is -2.25. The van der Waals surface area contributed by atoms with Crippen molar-refractivity contribution in [3.63, 3.8) is 0 Å². The Balaban J connectivity index is 2.31. The van der Waals surface area contributed by atoms with Crippen molar-refractivity contribution in [2.45, 2.75) is 18.9 Å². The molecule has 4 heteroatoms. The van der Waals surface area contributed by atoms with Gasteiger partial charge in [-0.25, -0.2) is 4.98 Å². The minimum Gasteiger partial charge on any atom is -0.399 e. The van der Waals surface area contributed by atoms with Crippen molar-refractivity contribution in [1.29, 1.82) is 0 Å². The van der Waals surface area contributed by atoms with Crippen molar-refractivity contribution < 1.29 is 0 Å². The molecule has 0 amide bonds. The Morgan fingerprint density at radius 2 is 2.13 bits per heavy atom. The molecule has 0 saturated heterocycles. The molecule has 0 unspecified atom stereocenters. The molecule has 2 N–H and O–H groups in total. The normalized spacial score (nSPS) is 10.9. The van der Waals surface area contributed by atoms with Crippen LogP contribution >= 0.6 is 11.8 Å². The minimum atomic E-state index is 0.787. The maximum Gasteiger partial charge on any atom is 0.0980 e. The first-order valence-corrected chi connectivity index (χ1v) is 6.31. The van der Waals surface area contributed by atoms with Gasteiger partial charge < -0.3 is 10.6 Å². The number of hydrogen-bond donors (Lipinski definition) is 1. The molecule has 0 radical (unpaired) electrons. The van der Waals surface area contributed by atoms with Crippen molar-refractivity contribution >= 4 is 17.4 Å². The van der Waals surface area contributed by atoms with Gasteiger partial charge in [0.25, 0.3) is 0 Å². The highest BCUT2D eigenvalue weighted by Gasteiger charge is 2.00. The van der Waals surface area contributed by atoms with E-state index in [0.717, 1.165) is 36.1 Å². The molecule has 3 nitrogen and oxygen atoms in total. The van der Waals surface area contributed by atoms with Crippen LogP contribution in [-0.2, 0) is 0 Å². The molecule has 0 saturated carbocycles. The summed E-state index contributed by atoms with van der Waals surface area (Å²) >= 11 is 1.76. The van der Waals surface area contributed by atoms with E-state index in [-0.39, 0.29) is 0 Å². The Kier molecular flexibility index (Phi) is 5.50. The molecule has 0 fully saturated rings. The van der Waals surface area contributed by atoms with Crippen molar-refractivity contribution in [1.82, 2.24) is 9.88 Å². The van der Waals surface area contributed by atoms with Crippen LogP contribution in [0.25, 0.3) is 0 Å². The Morgan fingerprint density at radius 1 is 1.40 bits per heavy atom. The Hall–Kier alpha value is -0.740. The molecule has 0 aliphatic heterocycles. The highest BCUT2D eigenvalue weighted by atomic mass is 32.2. The quantitative estimate of drug-likeness (QED) is 0.753. The number of nitrogen functional groups attached to an aromatic ring is 1. The van der Waals surface area contributed by atoms with Gasteiger partial charge in [0.05, 0.1) is 5.03 Å². The number of rotatable bonds is 6. The molecule has 0 aliphatic rings. The average Bonchev–Trinajstić information content (AvgIpc) is 2.25. The molecular formula is C11H19N3S. The number of pyridine rings is 1. The second-order valence-electron chi connectivity index (χ2n) is 3.30. The van der Waals surface area contributed by atoms with Crippen LogP contribution in [0.1, 0.15) is 13.8 Å².